The quantitative estimate of drug-likeness (QED) is 0.0877. The van der Waals surface area contributed by atoms with Crippen LogP contribution in [0.5, 0.6) is 23.0 Å². The van der Waals surface area contributed by atoms with E-state index in [4.69, 9.17) is 14.2 Å². The molecule has 8 rings (SSSR count). The van der Waals surface area contributed by atoms with E-state index in [1.54, 1.807) is 43.6 Å². The van der Waals surface area contributed by atoms with Crippen molar-refractivity contribution < 1.29 is 32.2 Å². The van der Waals surface area contributed by atoms with Gasteiger partial charge in [-0.05, 0) is 116 Å². The number of urea groups is 1. The molecule has 3 N–H and O–H groups in total. The number of sulfonamides is 1. The molecule has 0 unspecified atom stereocenters. The van der Waals surface area contributed by atoms with Crippen LogP contribution in [0.15, 0.2) is 85.1 Å². The Morgan fingerprint density at radius 3 is 2.20 bits per heavy atom. The lowest BCUT2D eigenvalue weighted by Crippen LogP contribution is -2.48. The van der Waals surface area contributed by atoms with Gasteiger partial charge in [0, 0.05) is 41.6 Å². The summed E-state index contributed by atoms with van der Waals surface area (Å²) in [6.07, 6.45) is 9.58. The van der Waals surface area contributed by atoms with Crippen molar-refractivity contribution in [3.8, 4) is 23.0 Å². The normalized spacial score (nSPS) is 17.5. The standard InChI is InChI=1S/C47H55N5O7S/c1-46(2,3)32-28-39(44(58-5)40(29-32)51-60(6,55)56)50-45(54)49-38-15-16-42(36-11-8-7-10-35(36)38)59-34-17-22-48-33(30-34)26-31-13-14-37(43(27-31)57-4)41(53)12-9-18-47-19-23-52(24-20-47)25-21-47/h7-8,10-11,13-17,22,27-30,51H,9,12,18-21,23-26H2,1-6H3,(H2,49,50,54). The molecule has 3 fully saturated rings. The van der Waals surface area contributed by atoms with Crippen LogP contribution in [0.2, 0.25) is 0 Å². The van der Waals surface area contributed by atoms with E-state index < -0.39 is 16.1 Å². The molecule has 5 aromatic rings. The molecular weight excluding hydrogens is 779 g/mol. The lowest BCUT2D eigenvalue weighted by Gasteiger charge is -2.48. The van der Waals surface area contributed by atoms with Crippen molar-refractivity contribution in [1.82, 2.24) is 9.88 Å². The number of methoxy groups -OCH3 is 2. The number of hydrogen-bond acceptors (Lipinski definition) is 9. The number of aromatic nitrogens is 1. The Bertz CT molecular complexity index is 2490. The zero-order valence-corrected chi connectivity index (χ0v) is 36.1. The van der Waals surface area contributed by atoms with Crippen LogP contribution >= 0.6 is 0 Å². The summed E-state index contributed by atoms with van der Waals surface area (Å²) in [6.45, 7) is 9.56. The zero-order valence-electron chi connectivity index (χ0n) is 35.3. The lowest BCUT2D eigenvalue weighted by atomic mass is 9.69. The summed E-state index contributed by atoms with van der Waals surface area (Å²) >= 11 is 0. The first-order valence-electron chi connectivity index (χ1n) is 20.5. The molecule has 0 saturated carbocycles. The molecule has 13 heteroatoms. The zero-order chi connectivity index (χ0) is 42.7. The Hall–Kier alpha value is -5.66. The Morgan fingerprint density at radius 2 is 1.52 bits per heavy atom. The Labute approximate surface area is 353 Å². The highest BCUT2D eigenvalue weighted by atomic mass is 32.2. The summed E-state index contributed by atoms with van der Waals surface area (Å²) in [4.78, 5) is 34.0. The van der Waals surface area contributed by atoms with E-state index >= 15 is 0 Å². The van der Waals surface area contributed by atoms with Crippen LogP contribution in [-0.4, -0.2) is 70.2 Å². The van der Waals surface area contributed by atoms with E-state index in [0.29, 0.717) is 52.4 Å². The van der Waals surface area contributed by atoms with Gasteiger partial charge in [0.2, 0.25) is 10.0 Å². The van der Waals surface area contributed by atoms with Crippen molar-refractivity contribution in [2.24, 2.45) is 5.41 Å². The number of nitrogens with zero attached hydrogens (tertiary/aromatic N) is 2. The number of Topliss-reactive ketones (excluding diaryl/α,β-unsaturated/α-hetero) is 1. The first-order chi connectivity index (χ1) is 28.6. The third kappa shape index (κ3) is 10.0. The van der Waals surface area contributed by atoms with Gasteiger partial charge >= 0.3 is 6.03 Å². The van der Waals surface area contributed by atoms with Crippen LogP contribution in [0.25, 0.3) is 10.8 Å². The number of carbonyl (C=O) groups excluding carboxylic acids is 2. The first kappa shape index (κ1) is 42.5. The van der Waals surface area contributed by atoms with Crippen LogP contribution in [0.3, 0.4) is 0 Å². The number of rotatable bonds is 15. The van der Waals surface area contributed by atoms with Crippen LogP contribution in [0.4, 0.5) is 21.9 Å². The molecule has 3 aliphatic rings. The van der Waals surface area contributed by atoms with Gasteiger partial charge in [-0.1, -0.05) is 51.1 Å². The fourth-order valence-corrected chi connectivity index (χ4v) is 9.00. The maximum absolute atomic E-state index is 13.5. The second-order valence-corrected chi connectivity index (χ2v) is 18.9. The number of nitrogens with one attached hydrogen (secondary N) is 3. The number of piperidine rings is 3. The van der Waals surface area contributed by atoms with E-state index in [0.717, 1.165) is 46.7 Å². The molecule has 316 valence electrons. The SMILES string of the molecule is COc1cc(Cc2cc(Oc3ccc(NC(=O)Nc4cc(C(C)(C)C)cc(NS(C)(=O)=O)c4OC)c4ccccc34)ccn2)ccc1C(=O)CCCC12CCN(CC1)CC2. The fourth-order valence-electron chi connectivity index (χ4n) is 8.45. The Morgan fingerprint density at radius 1 is 0.817 bits per heavy atom. The van der Waals surface area contributed by atoms with Crippen LogP contribution in [0.1, 0.15) is 86.5 Å². The maximum Gasteiger partial charge on any atom is 0.323 e. The van der Waals surface area contributed by atoms with Crippen molar-refractivity contribution in [2.45, 2.75) is 71.1 Å². The smallest absolute Gasteiger partial charge is 0.323 e. The lowest BCUT2D eigenvalue weighted by molar-refractivity contribution is 0.0182. The molecule has 60 heavy (non-hydrogen) atoms. The van der Waals surface area contributed by atoms with Gasteiger partial charge in [0.15, 0.2) is 11.5 Å². The van der Waals surface area contributed by atoms with Crippen LogP contribution in [-0.2, 0) is 21.9 Å². The number of fused-ring (bicyclic) bond motifs is 4. The van der Waals surface area contributed by atoms with Gasteiger partial charge < -0.3 is 29.7 Å². The molecule has 4 heterocycles. The van der Waals surface area contributed by atoms with Crippen molar-refractivity contribution in [3.05, 3.63) is 107 Å². The second-order valence-electron chi connectivity index (χ2n) is 17.1. The number of hydrogen-bond donors (Lipinski definition) is 3. The minimum absolute atomic E-state index is 0.120. The summed E-state index contributed by atoms with van der Waals surface area (Å²) in [7, 11) is -0.615. The van der Waals surface area contributed by atoms with Crippen molar-refractivity contribution in [2.75, 3.05) is 55.5 Å². The molecule has 0 atom stereocenters. The third-order valence-electron chi connectivity index (χ3n) is 11.8. The molecule has 0 radical (unpaired) electrons. The highest BCUT2D eigenvalue weighted by molar-refractivity contribution is 7.92. The van der Waals surface area contributed by atoms with E-state index in [2.05, 4.69) is 25.2 Å². The summed E-state index contributed by atoms with van der Waals surface area (Å²) in [5.41, 5.74) is 4.29. The van der Waals surface area contributed by atoms with Crippen LogP contribution < -0.4 is 29.6 Å². The average molecular weight is 834 g/mol. The number of benzene rings is 4. The first-order valence-corrected chi connectivity index (χ1v) is 22.4. The monoisotopic (exact) mass is 833 g/mol. The summed E-state index contributed by atoms with van der Waals surface area (Å²) < 4.78 is 44.6. The number of amides is 2. The van der Waals surface area contributed by atoms with Gasteiger partial charge in [0.1, 0.15) is 17.2 Å². The van der Waals surface area contributed by atoms with Crippen molar-refractivity contribution in [3.63, 3.8) is 0 Å². The summed E-state index contributed by atoms with van der Waals surface area (Å²) in [5.74, 6) is 2.06. The molecule has 0 spiro atoms. The van der Waals surface area contributed by atoms with Crippen LogP contribution in [0, 0.1) is 5.41 Å². The Balaban J connectivity index is 1.03. The molecular formula is C47H55N5O7S. The van der Waals surface area contributed by atoms with Gasteiger partial charge in [0.25, 0.3) is 0 Å². The molecule has 2 amide bonds. The predicted molar refractivity (Wildman–Crippen MR) is 238 cm³/mol. The molecule has 0 aliphatic carbocycles. The van der Waals surface area contributed by atoms with Gasteiger partial charge in [0.05, 0.1) is 43.1 Å². The molecule has 3 aliphatic heterocycles. The minimum Gasteiger partial charge on any atom is -0.496 e. The van der Waals surface area contributed by atoms with Gasteiger partial charge in [-0.3, -0.25) is 14.5 Å². The molecule has 1 aromatic heterocycles. The van der Waals surface area contributed by atoms with Gasteiger partial charge in [-0.15, -0.1) is 0 Å². The summed E-state index contributed by atoms with van der Waals surface area (Å²) in [5, 5.41) is 7.32. The Kier molecular flexibility index (Phi) is 12.4. The van der Waals surface area contributed by atoms with Crippen molar-refractivity contribution >= 4 is 49.7 Å². The minimum atomic E-state index is -3.64. The average Bonchev–Trinajstić information content (AvgIpc) is 3.21. The molecule has 2 bridgehead atoms. The topological polar surface area (TPSA) is 148 Å². The maximum atomic E-state index is 13.5. The predicted octanol–water partition coefficient (Wildman–Crippen LogP) is 9.79. The van der Waals surface area contributed by atoms with Crippen molar-refractivity contribution in [1.29, 1.82) is 0 Å². The number of ketones is 1. The highest BCUT2D eigenvalue weighted by Crippen LogP contribution is 2.44. The van der Waals surface area contributed by atoms with E-state index in [9.17, 15) is 18.0 Å². The molecule has 4 aromatic carbocycles. The highest BCUT2D eigenvalue weighted by Gasteiger charge is 2.38. The largest absolute Gasteiger partial charge is 0.496 e. The molecule has 3 saturated heterocycles. The van der Waals surface area contributed by atoms with Gasteiger partial charge in [-0.2, -0.15) is 0 Å². The number of ether oxygens (including phenoxy) is 3. The number of pyridine rings is 1. The fraction of sp³-hybridized carbons (Fsp3) is 0.383. The van der Waals surface area contributed by atoms with E-state index in [1.807, 2.05) is 69.3 Å². The number of carbonyl (C=O) groups is 2. The van der Waals surface area contributed by atoms with E-state index in [1.165, 1.54) is 46.0 Å². The van der Waals surface area contributed by atoms with Gasteiger partial charge in [-0.25, -0.2) is 13.2 Å². The molecule has 12 nitrogen and oxygen atoms in total. The number of anilines is 3. The summed E-state index contributed by atoms with van der Waals surface area (Å²) in [6, 6.07) is 23.6. The third-order valence-corrected chi connectivity index (χ3v) is 12.4. The van der Waals surface area contributed by atoms with E-state index in [-0.39, 0.29) is 22.6 Å². The second kappa shape index (κ2) is 17.5.